The number of hydrogen-bond acceptors (Lipinski definition) is 4. The number of halogens is 2. The first-order chi connectivity index (χ1) is 6.72. The SMILES string of the molecule is NCc1cnc(-n2cnc(I)c2I)s1. The van der Waals surface area contributed by atoms with Crippen molar-refractivity contribution in [2.45, 2.75) is 6.54 Å². The Morgan fingerprint density at radius 3 is 2.71 bits per heavy atom. The maximum Gasteiger partial charge on any atom is 0.195 e. The molecule has 4 nitrogen and oxygen atoms in total. The van der Waals surface area contributed by atoms with Gasteiger partial charge < -0.3 is 5.73 Å². The highest BCUT2D eigenvalue weighted by atomic mass is 127. The minimum atomic E-state index is 0.542. The van der Waals surface area contributed by atoms with Gasteiger partial charge in [-0.2, -0.15) is 0 Å². The van der Waals surface area contributed by atoms with E-state index in [0.717, 1.165) is 17.4 Å². The summed E-state index contributed by atoms with van der Waals surface area (Å²) in [5.74, 6) is 0. The average Bonchev–Trinajstić information content (AvgIpc) is 2.75. The van der Waals surface area contributed by atoms with Crippen LogP contribution in [0.5, 0.6) is 0 Å². The van der Waals surface area contributed by atoms with Crippen LogP contribution in [-0.2, 0) is 6.54 Å². The number of thiazole rings is 1. The summed E-state index contributed by atoms with van der Waals surface area (Å²) in [5, 5.41) is 0.922. The summed E-state index contributed by atoms with van der Waals surface area (Å²) < 4.78 is 4.04. The zero-order chi connectivity index (χ0) is 10.1. The fraction of sp³-hybridized carbons (Fsp3) is 0.143. The van der Waals surface area contributed by atoms with Crippen molar-refractivity contribution < 1.29 is 0 Å². The minimum Gasteiger partial charge on any atom is -0.326 e. The molecule has 0 aliphatic carbocycles. The number of rotatable bonds is 2. The summed E-state index contributed by atoms with van der Waals surface area (Å²) in [6.45, 7) is 0.542. The number of nitrogens with two attached hydrogens (primary N) is 1. The van der Waals surface area contributed by atoms with Gasteiger partial charge in [0.25, 0.3) is 0 Å². The van der Waals surface area contributed by atoms with E-state index >= 15 is 0 Å². The fourth-order valence-corrected chi connectivity index (χ4v) is 2.75. The highest BCUT2D eigenvalue weighted by molar-refractivity contribution is 14.1. The van der Waals surface area contributed by atoms with Gasteiger partial charge in [0.15, 0.2) is 5.13 Å². The molecule has 2 rings (SSSR count). The molecule has 7 heteroatoms. The quantitative estimate of drug-likeness (QED) is 0.740. The summed E-state index contributed by atoms with van der Waals surface area (Å²) in [4.78, 5) is 9.57. The Morgan fingerprint density at radius 1 is 1.43 bits per heavy atom. The average molecular weight is 432 g/mol. The zero-order valence-corrected chi connectivity index (χ0v) is 12.1. The molecule has 0 unspecified atom stereocenters. The van der Waals surface area contributed by atoms with E-state index in [0.29, 0.717) is 6.54 Å². The molecule has 74 valence electrons. The molecule has 0 spiro atoms. The number of aromatic nitrogens is 3. The molecule has 0 amide bonds. The maximum atomic E-state index is 5.53. The third-order valence-electron chi connectivity index (χ3n) is 1.62. The second kappa shape index (κ2) is 4.41. The smallest absolute Gasteiger partial charge is 0.195 e. The van der Waals surface area contributed by atoms with Crippen molar-refractivity contribution in [3.63, 3.8) is 0 Å². The van der Waals surface area contributed by atoms with Crippen LogP contribution < -0.4 is 5.73 Å². The van der Waals surface area contributed by atoms with E-state index in [1.54, 1.807) is 17.7 Å². The van der Waals surface area contributed by atoms with Gasteiger partial charge in [0.2, 0.25) is 0 Å². The lowest BCUT2D eigenvalue weighted by Crippen LogP contribution is -1.93. The Bertz CT molecular complexity index is 450. The van der Waals surface area contributed by atoms with Gasteiger partial charge in [0.1, 0.15) is 13.7 Å². The Balaban J connectivity index is 2.44. The lowest BCUT2D eigenvalue weighted by atomic mass is 10.6. The van der Waals surface area contributed by atoms with Gasteiger partial charge in [-0.15, -0.1) is 0 Å². The molecular weight excluding hydrogens is 426 g/mol. The zero-order valence-electron chi connectivity index (χ0n) is 6.94. The van der Waals surface area contributed by atoms with Crippen molar-refractivity contribution in [1.82, 2.24) is 14.5 Å². The van der Waals surface area contributed by atoms with Crippen molar-refractivity contribution >= 4 is 56.5 Å². The molecule has 2 aromatic heterocycles. The first-order valence-electron chi connectivity index (χ1n) is 3.76. The van der Waals surface area contributed by atoms with E-state index < -0.39 is 0 Å². The molecule has 14 heavy (non-hydrogen) atoms. The summed E-state index contributed by atoms with van der Waals surface area (Å²) in [7, 11) is 0. The second-order valence-corrected chi connectivity index (χ2v) is 5.65. The molecular formula is C7H6I2N4S. The van der Waals surface area contributed by atoms with Crippen molar-refractivity contribution in [1.29, 1.82) is 0 Å². The topological polar surface area (TPSA) is 56.7 Å². The lowest BCUT2D eigenvalue weighted by Gasteiger charge is -1.96. The van der Waals surface area contributed by atoms with Crippen LogP contribution >= 0.6 is 56.5 Å². The van der Waals surface area contributed by atoms with Crippen LogP contribution in [0.15, 0.2) is 12.5 Å². The second-order valence-electron chi connectivity index (χ2n) is 2.51. The van der Waals surface area contributed by atoms with Crippen LogP contribution in [0, 0.1) is 7.40 Å². The third-order valence-corrected chi connectivity index (χ3v) is 5.49. The van der Waals surface area contributed by atoms with Crippen molar-refractivity contribution in [2.24, 2.45) is 5.73 Å². The molecule has 0 fully saturated rings. The van der Waals surface area contributed by atoms with Crippen LogP contribution in [0.1, 0.15) is 4.88 Å². The van der Waals surface area contributed by atoms with Gasteiger partial charge in [-0.3, -0.25) is 4.57 Å². The van der Waals surface area contributed by atoms with Crippen LogP contribution in [-0.4, -0.2) is 14.5 Å². The van der Waals surface area contributed by atoms with Gasteiger partial charge in [-0.25, -0.2) is 9.97 Å². The van der Waals surface area contributed by atoms with Crippen LogP contribution in [0.2, 0.25) is 0 Å². The van der Waals surface area contributed by atoms with Gasteiger partial charge in [-0.1, -0.05) is 11.3 Å². The Kier molecular flexibility index (Phi) is 3.39. The monoisotopic (exact) mass is 432 g/mol. The van der Waals surface area contributed by atoms with Gasteiger partial charge >= 0.3 is 0 Å². The van der Waals surface area contributed by atoms with Crippen molar-refractivity contribution in [3.8, 4) is 5.13 Å². The molecule has 0 saturated heterocycles. The Labute approximate surface area is 112 Å². The van der Waals surface area contributed by atoms with Gasteiger partial charge in [0.05, 0.1) is 0 Å². The maximum absolute atomic E-state index is 5.53. The standard InChI is InChI=1S/C7H6I2N4S/c8-5-6(9)13(3-12-5)7-11-2-4(1-10)14-7/h2-3H,1,10H2. The van der Waals surface area contributed by atoms with E-state index in [-0.39, 0.29) is 0 Å². The summed E-state index contributed by atoms with van der Waals surface area (Å²) in [6.07, 6.45) is 3.59. The normalized spacial score (nSPS) is 10.8. The Morgan fingerprint density at radius 2 is 2.21 bits per heavy atom. The summed E-state index contributed by atoms with van der Waals surface area (Å²) >= 11 is 6.05. The third kappa shape index (κ3) is 1.95. The van der Waals surface area contributed by atoms with E-state index in [1.807, 2.05) is 10.8 Å². The lowest BCUT2D eigenvalue weighted by molar-refractivity contribution is 1.00. The van der Waals surface area contributed by atoms with Crippen LogP contribution in [0.3, 0.4) is 0 Å². The van der Waals surface area contributed by atoms with Crippen LogP contribution in [0.4, 0.5) is 0 Å². The number of imidazole rings is 1. The Hall–Kier alpha value is 0.260. The molecule has 0 aliphatic rings. The molecule has 0 aliphatic heterocycles. The highest BCUT2D eigenvalue weighted by Gasteiger charge is 2.09. The van der Waals surface area contributed by atoms with Crippen molar-refractivity contribution in [3.05, 3.63) is 24.8 Å². The van der Waals surface area contributed by atoms with E-state index in [1.165, 1.54) is 0 Å². The number of hydrogen-bond donors (Lipinski definition) is 1. The minimum absolute atomic E-state index is 0.542. The van der Waals surface area contributed by atoms with Crippen LogP contribution in [0.25, 0.3) is 5.13 Å². The first-order valence-corrected chi connectivity index (χ1v) is 6.73. The fourth-order valence-electron chi connectivity index (χ4n) is 0.948. The van der Waals surface area contributed by atoms with E-state index in [2.05, 4.69) is 55.1 Å². The molecule has 0 atom stereocenters. The van der Waals surface area contributed by atoms with Crippen molar-refractivity contribution in [2.75, 3.05) is 0 Å². The molecule has 0 aromatic carbocycles. The van der Waals surface area contributed by atoms with Gasteiger partial charge in [-0.05, 0) is 45.2 Å². The first kappa shape index (κ1) is 10.8. The molecule has 2 N–H and O–H groups in total. The molecule has 0 bridgehead atoms. The highest BCUT2D eigenvalue weighted by Crippen LogP contribution is 2.22. The molecule has 2 aromatic rings. The molecule has 2 heterocycles. The predicted octanol–water partition coefficient (Wildman–Crippen LogP) is 2.00. The number of nitrogens with zero attached hydrogens (tertiary/aromatic N) is 3. The molecule has 0 radical (unpaired) electrons. The largest absolute Gasteiger partial charge is 0.326 e. The van der Waals surface area contributed by atoms with Gasteiger partial charge in [0, 0.05) is 17.6 Å². The van der Waals surface area contributed by atoms with E-state index in [4.69, 9.17) is 5.73 Å². The summed E-state index contributed by atoms with van der Waals surface area (Å²) in [6, 6.07) is 0. The van der Waals surface area contributed by atoms with E-state index in [9.17, 15) is 0 Å². The predicted molar refractivity (Wildman–Crippen MR) is 72.6 cm³/mol. The molecule has 0 saturated carbocycles. The summed E-state index contributed by atoms with van der Waals surface area (Å²) in [5.41, 5.74) is 5.53.